The van der Waals surface area contributed by atoms with Gasteiger partial charge in [0.1, 0.15) is 0 Å². The van der Waals surface area contributed by atoms with E-state index < -0.39 is 0 Å². The van der Waals surface area contributed by atoms with Gasteiger partial charge in [-0.25, -0.2) is 9.97 Å². The average molecular weight is 588 g/mol. The van der Waals surface area contributed by atoms with Gasteiger partial charge in [0.2, 0.25) is 5.95 Å². The lowest BCUT2D eigenvalue weighted by molar-refractivity contribution is 0.0991. The molecule has 43 heavy (non-hydrogen) atoms. The zero-order valence-electron chi connectivity index (χ0n) is 23.3. The smallest absolute Gasteiger partial charge is 0.268 e. The van der Waals surface area contributed by atoms with Crippen molar-refractivity contribution >= 4 is 45.8 Å². The summed E-state index contributed by atoms with van der Waals surface area (Å²) in [7, 11) is 1.67. The first kappa shape index (κ1) is 27.6. The van der Waals surface area contributed by atoms with Crippen molar-refractivity contribution in [2.24, 2.45) is 0 Å². The van der Waals surface area contributed by atoms with E-state index in [0.29, 0.717) is 57.8 Å². The van der Waals surface area contributed by atoms with Crippen LogP contribution in [0.3, 0.4) is 0 Å². The first-order valence-corrected chi connectivity index (χ1v) is 14.2. The number of nitrogens with one attached hydrogen (secondary N) is 1. The fraction of sp³-hybridized carbons (Fsp3) is 0.125. The summed E-state index contributed by atoms with van der Waals surface area (Å²) >= 11 is 1.30. The van der Waals surface area contributed by atoms with Crippen molar-refractivity contribution in [1.82, 2.24) is 19.5 Å². The van der Waals surface area contributed by atoms with Crippen LogP contribution in [0.25, 0.3) is 21.7 Å². The fourth-order valence-corrected chi connectivity index (χ4v) is 5.53. The summed E-state index contributed by atoms with van der Waals surface area (Å²) < 4.78 is 7.55. The lowest BCUT2D eigenvalue weighted by atomic mass is 10.1. The average Bonchev–Trinajstić information content (AvgIpc) is 3.78. The van der Waals surface area contributed by atoms with E-state index in [0.717, 1.165) is 16.1 Å². The predicted octanol–water partition coefficient (Wildman–Crippen LogP) is 6.10. The third kappa shape index (κ3) is 5.77. The Hall–Kier alpha value is -5.60. The molecule has 2 amide bonds. The van der Waals surface area contributed by atoms with E-state index in [9.17, 15) is 14.9 Å². The number of carbonyl (C=O) groups is 2. The molecule has 2 aromatic carbocycles. The summed E-state index contributed by atoms with van der Waals surface area (Å²) in [5.74, 6) is 0.990. The Morgan fingerprint density at radius 2 is 1.95 bits per heavy atom. The number of benzene rings is 2. The Labute approximate surface area is 250 Å². The number of imidazole rings is 1. The lowest BCUT2D eigenvalue weighted by Crippen LogP contribution is -2.26. The van der Waals surface area contributed by atoms with E-state index in [2.05, 4.69) is 21.4 Å². The summed E-state index contributed by atoms with van der Waals surface area (Å²) in [4.78, 5) is 42.7. The van der Waals surface area contributed by atoms with Crippen LogP contribution in [0, 0.1) is 18.3 Å². The van der Waals surface area contributed by atoms with Crippen LogP contribution < -0.4 is 10.2 Å². The van der Waals surface area contributed by atoms with E-state index in [1.807, 2.05) is 47.0 Å². The van der Waals surface area contributed by atoms with Gasteiger partial charge in [0.25, 0.3) is 11.8 Å². The van der Waals surface area contributed by atoms with E-state index in [1.54, 1.807) is 56.7 Å². The van der Waals surface area contributed by atoms with Crippen LogP contribution >= 0.6 is 11.3 Å². The van der Waals surface area contributed by atoms with Crippen LogP contribution in [0.1, 0.15) is 37.2 Å². The number of aromatic nitrogens is 4. The minimum Gasteiger partial charge on any atom is -0.440 e. The van der Waals surface area contributed by atoms with Gasteiger partial charge in [-0.1, -0.05) is 12.1 Å². The Morgan fingerprint density at radius 1 is 1.07 bits per heavy atom. The number of aryl methyl sites for hydroxylation is 3. The van der Waals surface area contributed by atoms with E-state index in [4.69, 9.17) is 9.40 Å². The van der Waals surface area contributed by atoms with Gasteiger partial charge < -0.3 is 13.9 Å². The Balaban J connectivity index is 1.31. The molecule has 6 aromatic rings. The van der Waals surface area contributed by atoms with Gasteiger partial charge in [0.15, 0.2) is 11.7 Å². The Bertz CT molecular complexity index is 2000. The highest BCUT2D eigenvalue weighted by Crippen LogP contribution is 2.30. The van der Waals surface area contributed by atoms with Gasteiger partial charge in [0, 0.05) is 50.1 Å². The molecule has 4 heterocycles. The second kappa shape index (κ2) is 11.7. The minimum absolute atomic E-state index is 0.255. The summed E-state index contributed by atoms with van der Waals surface area (Å²) in [5, 5.41) is 12.2. The van der Waals surface area contributed by atoms with E-state index in [-0.39, 0.29) is 11.8 Å². The van der Waals surface area contributed by atoms with Crippen LogP contribution in [-0.2, 0) is 13.0 Å². The fourth-order valence-electron chi connectivity index (χ4n) is 4.68. The molecule has 6 rings (SSSR count). The van der Waals surface area contributed by atoms with Gasteiger partial charge in [-0.15, -0.1) is 11.3 Å². The maximum atomic E-state index is 13.4. The molecule has 212 valence electrons. The first-order chi connectivity index (χ1) is 20.9. The number of nitrogens with zero attached hydrogens (tertiary/aromatic N) is 6. The molecule has 0 spiro atoms. The van der Waals surface area contributed by atoms with Crippen molar-refractivity contribution in [3.05, 3.63) is 113 Å². The molecule has 0 aliphatic rings. The SMILES string of the molecule is Cc1ncc(-c2ccc(C(=O)Nc3nc4cc(N(C)C(=O)c5cccc(C#N)c5)ccc4n3CCc3ccccn3)s2)o1. The highest BCUT2D eigenvalue weighted by Gasteiger charge is 2.20. The van der Waals surface area contributed by atoms with Crippen LogP contribution in [-0.4, -0.2) is 38.4 Å². The highest BCUT2D eigenvalue weighted by molar-refractivity contribution is 7.17. The molecule has 1 N–H and O–H groups in total. The molecule has 0 bridgehead atoms. The summed E-state index contributed by atoms with van der Waals surface area (Å²) in [5.41, 5.74) is 3.77. The Morgan fingerprint density at radius 3 is 2.72 bits per heavy atom. The zero-order chi connectivity index (χ0) is 29.9. The largest absolute Gasteiger partial charge is 0.440 e. The van der Waals surface area contributed by atoms with Crippen molar-refractivity contribution < 1.29 is 14.0 Å². The van der Waals surface area contributed by atoms with Gasteiger partial charge in [-0.3, -0.25) is 19.9 Å². The molecule has 0 aliphatic heterocycles. The number of hydrogen-bond acceptors (Lipinski definition) is 8. The summed E-state index contributed by atoms with van der Waals surface area (Å²) in [6, 6.07) is 23.5. The predicted molar refractivity (Wildman–Crippen MR) is 164 cm³/mol. The van der Waals surface area contributed by atoms with E-state index in [1.165, 1.54) is 16.2 Å². The molecule has 0 atom stereocenters. The molecule has 0 saturated heterocycles. The van der Waals surface area contributed by atoms with Crippen molar-refractivity contribution in [3.8, 4) is 16.7 Å². The first-order valence-electron chi connectivity index (χ1n) is 13.4. The number of pyridine rings is 1. The number of oxazole rings is 1. The number of nitriles is 1. The number of hydrogen-bond donors (Lipinski definition) is 1. The molecular weight excluding hydrogens is 562 g/mol. The normalized spacial score (nSPS) is 10.9. The second-order valence-corrected chi connectivity index (χ2v) is 10.8. The van der Waals surface area contributed by atoms with Crippen LogP contribution in [0.2, 0.25) is 0 Å². The maximum absolute atomic E-state index is 13.4. The van der Waals surface area contributed by atoms with Crippen LogP contribution in [0.15, 0.2) is 89.6 Å². The maximum Gasteiger partial charge on any atom is 0.268 e. The van der Waals surface area contributed by atoms with Crippen molar-refractivity contribution in [3.63, 3.8) is 0 Å². The highest BCUT2D eigenvalue weighted by atomic mass is 32.1. The lowest BCUT2D eigenvalue weighted by Gasteiger charge is -2.17. The molecule has 11 heteroatoms. The van der Waals surface area contributed by atoms with Crippen LogP contribution in [0.5, 0.6) is 0 Å². The Kier molecular flexibility index (Phi) is 7.51. The number of fused-ring (bicyclic) bond motifs is 1. The third-order valence-corrected chi connectivity index (χ3v) is 8.00. The van der Waals surface area contributed by atoms with Crippen molar-refractivity contribution in [2.45, 2.75) is 19.9 Å². The summed E-state index contributed by atoms with van der Waals surface area (Å²) in [6.07, 6.45) is 4.01. The number of carbonyl (C=O) groups excluding carboxylic acids is 2. The molecule has 0 saturated carbocycles. The van der Waals surface area contributed by atoms with Crippen molar-refractivity contribution in [1.29, 1.82) is 5.26 Å². The number of anilines is 2. The molecule has 0 unspecified atom stereocenters. The van der Waals surface area contributed by atoms with Crippen LogP contribution in [0.4, 0.5) is 11.6 Å². The molecule has 0 fully saturated rings. The van der Waals surface area contributed by atoms with E-state index >= 15 is 0 Å². The zero-order valence-corrected chi connectivity index (χ0v) is 24.1. The topological polar surface area (TPSA) is 130 Å². The van der Waals surface area contributed by atoms with Crippen molar-refractivity contribution in [2.75, 3.05) is 17.3 Å². The van der Waals surface area contributed by atoms with Gasteiger partial charge in [-0.2, -0.15) is 5.26 Å². The minimum atomic E-state index is -0.299. The third-order valence-electron chi connectivity index (χ3n) is 6.90. The summed E-state index contributed by atoms with van der Waals surface area (Å²) in [6.45, 7) is 2.29. The number of rotatable bonds is 8. The molecular formula is C32H25N7O3S. The van der Waals surface area contributed by atoms with Gasteiger partial charge in [-0.05, 0) is 60.7 Å². The van der Waals surface area contributed by atoms with Gasteiger partial charge in [0.05, 0.1) is 38.6 Å². The number of thiophene rings is 1. The second-order valence-electron chi connectivity index (χ2n) is 9.75. The van der Waals surface area contributed by atoms with Gasteiger partial charge >= 0.3 is 0 Å². The molecule has 4 aromatic heterocycles. The molecule has 0 aliphatic carbocycles. The quantitative estimate of drug-likeness (QED) is 0.228. The molecule has 0 radical (unpaired) electrons. The molecule has 10 nitrogen and oxygen atoms in total. The number of amides is 2. The monoisotopic (exact) mass is 587 g/mol. The standard InChI is InChI=1S/C32H25N7O3S/c1-20-35-19-27(42-20)28-11-12-29(43-28)30(40)37-32-36-25-17-24(38(2)31(41)22-7-5-6-21(16-22)18-33)9-10-26(25)39(32)15-13-23-8-3-4-14-34-23/h3-12,14,16-17,19H,13,15H2,1-2H3,(H,36,37,40).